The third-order valence-corrected chi connectivity index (χ3v) is 4.43. The summed E-state index contributed by atoms with van der Waals surface area (Å²) in [6, 6.07) is 1.63. The Balaban J connectivity index is 2.26. The van der Waals surface area contributed by atoms with E-state index in [0.717, 1.165) is 23.4 Å². The minimum Gasteiger partial charge on any atom is -0.342 e. The summed E-state index contributed by atoms with van der Waals surface area (Å²) in [4.78, 5) is 16.7. The summed E-state index contributed by atoms with van der Waals surface area (Å²) in [7, 11) is 0. The molecular formula is C12H7F2N3O2S2. The van der Waals surface area contributed by atoms with Gasteiger partial charge in [-0.15, -0.1) is 0 Å². The Hall–Kier alpha value is -1.87. The summed E-state index contributed by atoms with van der Waals surface area (Å²) in [6.07, 6.45) is 0. The predicted molar refractivity (Wildman–Crippen MR) is 76.4 cm³/mol. The number of benzene rings is 1. The zero-order chi connectivity index (χ0) is 15.1. The summed E-state index contributed by atoms with van der Waals surface area (Å²) in [6.45, 7) is 0. The van der Waals surface area contributed by atoms with Gasteiger partial charge in [0.1, 0.15) is 16.3 Å². The molecule has 0 aliphatic carbocycles. The third kappa shape index (κ3) is 2.32. The van der Waals surface area contributed by atoms with Crippen LogP contribution in [0.15, 0.2) is 12.1 Å². The maximum atomic E-state index is 14.2. The number of nitrogens with zero attached hydrogens (tertiary/aromatic N) is 2. The average molecular weight is 327 g/mol. The number of aromatic nitrogens is 2. The number of halogens is 2. The van der Waals surface area contributed by atoms with Crippen molar-refractivity contribution in [2.75, 3.05) is 0 Å². The van der Waals surface area contributed by atoms with Crippen molar-refractivity contribution in [3.8, 4) is 11.4 Å². The minimum atomic E-state index is -1.26. The molecular weight excluding hydrogens is 320 g/mol. The Morgan fingerprint density at radius 2 is 2.14 bits per heavy atom. The van der Waals surface area contributed by atoms with Crippen molar-refractivity contribution in [2.45, 2.75) is 11.5 Å². The van der Waals surface area contributed by atoms with Crippen LogP contribution in [0.25, 0.3) is 11.4 Å². The van der Waals surface area contributed by atoms with Crippen LogP contribution in [0.4, 0.5) is 14.5 Å². The van der Waals surface area contributed by atoms with Gasteiger partial charge in [0.25, 0.3) is 0 Å². The Kier molecular flexibility index (Phi) is 3.46. The number of thioether (sulfide) groups is 1. The Bertz CT molecular complexity index is 823. The van der Waals surface area contributed by atoms with Gasteiger partial charge < -0.3 is 4.98 Å². The number of nitrogens with one attached hydrogen (secondary N) is 1. The molecule has 0 bridgehead atoms. The van der Waals surface area contributed by atoms with E-state index >= 15 is 0 Å². The van der Waals surface area contributed by atoms with Crippen molar-refractivity contribution in [3.63, 3.8) is 0 Å². The number of aromatic amines is 1. The van der Waals surface area contributed by atoms with E-state index in [9.17, 15) is 18.9 Å². The van der Waals surface area contributed by atoms with E-state index < -0.39 is 27.8 Å². The molecule has 2 heterocycles. The Morgan fingerprint density at radius 3 is 2.86 bits per heavy atom. The standard InChI is InChI=1S/C12H7F2N3O2S2/c13-6-1-2-8(17(18)19)10(14)9(6)11-15-7-4-21-3-5(7)12(20)16-11/h1-2H,3-4H2,(H,15,16,20). The molecule has 2 aromatic rings. The quantitative estimate of drug-likeness (QED) is 0.517. The molecule has 1 aromatic heterocycles. The summed E-state index contributed by atoms with van der Waals surface area (Å²) >= 11 is 6.72. The molecule has 3 rings (SSSR count). The topological polar surface area (TPSA) is 71.8 Å². The Morgan fingerprint density at radius 1 is 1.38 bits per heavy atom. The molecule has 0 amide bonds. The SMILES string of the molecule is O=[N+]([O-])c1ccc(F)c(-c2nc(=S)c3c([nH]2)CSC3)c1F. The van der Waals surface area contributed by atoms with Crippen LogP contribution in [0.3, 0.4) is 0 Å². The highest BCUT2D eigenvalue weighted by molar-refractivity contribution is 7.98. The van der Waals surface area contributed by atoms with Crippen molar-refractivity contribution in [2.24, 2.45) is 0 Å². The molecule has 108 valence electrons. The fourth-order valence-corrected chi connectivity index (χ4v) is 3.54. The van der Waals surface area contributed by atoms with Crippen LogP contribution in [0.5, 0.6) is 0 Å². The van der Waals surface area contributed by atoms with Crippen LogP contribution in [-0.4, -0.2) is 14.9 Å². The number of hydrogen-bond acceptors (Lipinski definition) is 5. The van der Waals surface area contributed by atoms with E-state index in [1.165, 1.54) is 0 Å². The van der Waals surface area contributed by atoms with E-state index in [0.29, 0.717) is 11.5 Å². The molecule has 9 heteroatoms. The largest absolute Gasteiger partial charge is 0.342 e. The number of nitro benzene ring substituents is 1. The molecule has 0 radical (unpaired) electrons. The maximum absolute atomic E-state index is 14.2. The molecule has 1 aromatic carbocycles. The van der Waals surface area contributed by atoms with Gasteiger partial charge in [0.2, 0.25) is 5.82 Å². The smallest absolute Gasteiger partial charge is 0.305 e. The third-order valence-electron chi connectivity index (χ3n) is 3.10. The highest BCUT2D eigenvalue weighted by Crippen LogP contribution is 2.33. The molecule has 5 nitrogen and oxygen atoms in total. The van der Waals surface area contributed by atoms with Crippen molar-refractivity contribution in [1.82, 2.24) is 9.97 Å². The lowest BCUT2D eigenvalue weighted by Crippen LogP contribution is -2.03. The minimum absolute atomic E-state index is 0.125. The van der Waals surface area contributed by atoms with Crippen molar-refractivity contribution in [1.29, 1.82) is 0 Å². The predicted octanol–water partition coefficient (Wildman–Crippen LogP) is 3.74. The molecule has 0 unspecified atom stereocenters. The molecule has 21 heavy (non-hydrogen) atoms. The first-order valence-electron chi connectivity index (χ1n) is 5.81. The van der Waals surface area contributed by atoms with Gasteiger partial charge in [-0.2, -0.15) is 16.2 Å². The zero-order valence-corrected chi connectivity index (χ0v) is 12.0. The second-order valence-electron chi connectivity index (χ2n) is 4.35. The first-order chi connectivity index (χ1) is 9.99. The van der Waals surface area contributed by atoms with Gasteiger partial charge in [-0.05, 0) is 6.07 Å². The van der Waals surface area contributed by atoms with Crippen LogP contribution in [-0.2, 0) is 11.5 Å². The van der Waals surface area contributed by atoms with E-state index in [2.05, 4.69) is 9.97 Å². The molecule has 1 aliphatic rings. The van der Waals surface area contributed by atoms with Crippen LogP contribution in [0, 0.1) is 26.4 Å². The summed E-state index contributed by atoms with van der Waals surface area (Å²) < 4.78 is 28.3. The molecule has 0 saturated heterocycles. The molecule has 1 aliphatic heterocycles. The second kappa shape index (κ2) is 5.15. The van der Waals surface area contributed by atoms with E-state index in [1.54, 1.807) is 11.8 Å². The fraction of sp³-hybridized carbons (Fsp3) is 0.167. The number of nitro groups is 1. The average Bonchev–Trinajstić information content (AvgIpc) is 2.87. The number of fused-ring (bicyclic) bond motifs is 1. The normalized spacial score (nSPS) is 13.2. The lowest BCUT2D eigenvalue weighted by Gasteiger charge is -2.07. The molecule has 0 atom stereocenters. The van der Waals surface area contributed by atoms with Gasteiger partial charge in [-0.25, -0.2) is 9.37 Å². The fourth-order valence-electron chi connectivity index (χ4n) is 2.09. The highest BCUT2D eigenvalue weighted by Gasteiger charge is 2.25. The Labute approximate surface area is 126 Å². The maximum Gasteiger partial charge on any atom is 0.305 e. The van der Waals surface area contributed by atoms with Gasteiger partial charge in [-0.3, -0.25) is 10.1 Å². The highest BCUT2D eigenvalue weighted by atomic mass is 32.2. The van der Waals surface area contributed by atoms with Gasteiger partial charge >= 0.3 is 5.69 Å². The van der Waals surface area contributed by atoms with Gasteiger partial charge in [-0.1, -0.05) is 12.2 Å². The number of H-pyrrole nitrogens is 1. The van der Waals surface area contributed by atoms with Gasteiger partial charge in [0.05, 0.1) is 10.5 Å². The van der Waals surface area contributed by atoms with Crippen LogP contribution >= 0.6 is 24.0 Å². The summed E-state index contributed by atoms with van der Waals surface area (Å²) in [5.74, 6) is -0.990. The molecule has 0 saturated carbocycles. The van der Waals surface area contributed by atoms with Crippen molar-refractivity contribution in [3.05, 3.63) is 49.8 Å². The van der Waals surface area contributed by atoms with Crippen LogP contribution in [0.1, 0.15) is 11.3 Å². The lowest BCUT2D eigenvalue weighted by atomic mass is 10.1. The van der Waals surface area contributed by atoms with Gasteiger partial charge in [0.15, 0.2) is 0 Å². The van der Waals surface area contributed by atoms with E-state index in [4.69, 9.17) is 12.2 Å². The van der Waals surface area contributed by atoms with Crippen LogP contribution < -0.4 is 0 Å². The molecule has 1 N–H and O–H groups in total. The zero-order valence-electron chi connectivity index (χ0n) is 10.4. The number of hydrogen-bond donors (Lipinski definition) is 1. The number of rotatable bonds is 2. The van der Waals surface area contributed by atoms with E-state index in [1.807, 2.05) is 0 Å². The van der Waals surface area contributed by atoms with Crippen molar-refractivity contribution < 1.29 is 13.7 Å². The van der Waals surface area contributed by atoms with Crippen molar-refractivity contribution >= 4 is 29.7 Å². The van der Waals surface area contributed by atoms with Crippen LogP contribution in [0.2, 0.25) is 0 Å². The second-order valence-corrected chi connectivity index (χ2v) is 5.73. The first kappa shape index (κ1) is 14.1. The van der Waals surface area contributed by atoms with Gasteiger partial charge in [0, 0.05) is 28.8 Å². The summed E-state index contributed by atoms with van der Waals surface area (Å²) in [5.41, 5.74) is 0.225. The molecule has 0 fully saturated rings. The lowest BCUT2D eigenvalue weighted by molar-refractivity contribution is -0.387. The first-order valence-corrected chi connectivity index (χ1v) is 7.38. The van der Waals surface area contributed by atoms with E-state index in [-0.39, 0.29) is 10.5 Å². The summed E-state index contributed by atoms with van der Waals surface area (Å²) in [5, 5.41) is 10.8. The monoisotopic (exact) mass is 327 g/mol. The molecule has 0 spiro atoms.